The summed E-state index contributed by atoms with van der Waals surface area (Å²) < 4.78 is 14.7. The molecule has 2 nitrogen and oxygen atoms in total. The normalized spacial score (nSPS) is 26.8. The number of likely N-dealkylation sites (tertiary alicyclic amines) is 1. The van der Waals surface area contributed by atoms with Crippen molar-refractivity contribution in [3.8, 4) is 0 Å². The molecule has 0 spiro atoms. The van der Waals surface area contributed by atoms with Crippen LogP contribution in [0.15, 0.2) is 22.7 Å². The van der Waals surface area contributed by atoms with Crippen molar-refractivity contribution in [2.24, 2.45) is 5.92 Å². The predicted molar refractivity (Wildman–Crippen MR) is 81.1 cm³/mol. The number of hydrogen-bond acceptors (Lipinski definition) is 2. The highest BCUT2D eigenvalue weighted by atomic mass is 79.9. The molecule has 2 aliphatic heterocycles. The Morgan fingerprint density at radius 1 is 1.37 bits per heavy atom. The first-order valence-electron chi connectivity index (χ1n) is 6.62. The standard InChI is InChI=1S/C14H18BrFN2.ClH/c15-12-1-2-13(16)11(7-12)9-18-6-4-14-10(8-18)3-5-17-14;/h1-2,7,10,14,17H,3-6,8-9H2;1H. The topological polar surface area (TPSA) is 15.3 Å². The number of hydrogen-bond donors (Lipinski definition) is 1. The van der Waals surface area contributed by atoms with Gasteiger partial charge in [0, 0.05) is 29.2 Å². The van der Waals surface area contributed by atoms with E-state index in [0.29, 0.717) is 6.04 Å². The highest BCUT2D eigenvalue weighted by molar-refractivity contribution is 9.10. The SMILES string of the molecule is Cl.Fc1ccc(Br)cc1CN1CCC2NCCC2C1. The zero-order valence-corrected chi connectivity index (χ0v) is 13.1. The Bertz CT molecular complexity index is 443. The summed E-state index contributed by atoms with van der Waals surface area (Å²) in [6, 6.07) is 5.90. The highest BCUT2D eigenvalue weighted by Crippen LogP contribution is 2.26. The van der Waals surface area contributed by atoms with Gasteiger partial charge >= 0.3 is 0 Å². The number of halogens is 3. The van der Waals surface area contributed by atoms with Gasteiger partial charge in [-0.05, 0) is 50.0 Å². The summed E-state index contributed by atoms with van der Waals surface area (Å²) in [5, 5.41) is 3.56. The van der Waals surface area contributed by atoms with Gasteiger partial charge in [-0.2, -0.15) is 0 Å². The maximum absolute atomic E-state index is 13.7. The van der Waals surface area contributed by atoms with Gasteiger partial charge in [-0.15, -0.1) is 12.4 Å². The Kier molecular flexibility index (Phi) is 5.23. The smallest absolute Gasteiger partial charge is 0.127 e. The van der Waals surface area contributed by atoms with E-state index in [9.17, 15) is 4.39 Å². The Morgan fingerprint density at radius 2 is 2.21 bits per heavy atom. The van der Waals surface area contributed by atoms with E-state index < -0.39 is 0 Å². The third-order valence-electron chi connectivity index (χ3n) is 4.14. The van der Waals surface area contributed by atoms with Crippen LogP contribution < -0.4 is 5.32 Å². The van der Waals surface area contributed by atoms with Crippen LogP contribution >= 0.6 is 28.3 Å². The Balaban J connectivity index is 0.00000133. The van der Waals surface area contributed by atoms with Gasteiger partial charge < -0.3 is 5.32 Å². The van der Waals surface area contributed by atoms with Crippen LogP contribution in [0.5, 0.6) is 0 Å². The second-order valence-corrected chi connectivity index (χ2v) is 6.28. The molecule has 106 valence electrons. The van der Waals surface area contributed by atoms with Gasteiger partial charge in [0.15, 0.2) is 0 Å². The molecule has 2 unspecified atom stereocenters. The molecule has 0 radical (unpaired) electrons. The van der Waals surface area contributed by atoms with Gasteiger partial charge in [-0.25, -0.2) is 4.39 Å². The van der Waals surface area contributed by atoms with Crippen LogP contribution in [0.1, 0.15) is 18.4 Å². The molecule has 3 rings (SSSR count). The van der Waals surface area contributed by atoms with Crippen molar-refractivity contribution < 1.29 is 4.39 Å². The second-order valence-electron chi connectivity index (χ2n) is 5.37. The van der Waals surface area contributed by atoms with Crippen LogP contribution in [0, 0.1) is 11.7 Å². The van der Waals surface area contributed by atoms with Crippen LogP contribution in [0.4, 0.5) is 4.39 Å². The molecule has 0 bridgehead atoms. The third kappa shape index (κ3) is 3.48. The average molecular weight is 350 g/mol. The molecule has 1 aromatic carbocycles. The van der Waals surface area contributed by atoms with Crippen molar-refractivity contribution in [1.29, 1.82) is 0 Å². The van der Waals surface area contributed by atoms with Crippen molar-refractivity contribution in [2.45, 2.75) is 25.4 Å². The molecule has 1 aromatic rings. The van der Waals surface area contributed by atoms with E-state index in [1.165, 1.54) is 12.8 Å². The van der Waals surface area contributed by atoms with Crippen molar-refractivity contribution in [3.05, 3.63) is 34.1 Å². The van der Waals surface area contributed by atoms with E-state index in [-0.39, 0.29) is 18.2 Å². The minimum atomic E-state index is -0.0927. The highest BCUT2D eigenvalue weighted by Gasteiger charge is 2.32. The molecule has 2 atom stereocenters. The summed E-state index contributed by atoms with van der Waals surface area (Å²) in [5.41, 5.74) is 0.800. The van der Waals surface area contributed by atoms with Crippen LogP contribution in [0.25, 0.3) is 0 Å². The molecule has 0 aromatic heterocycles. The van der Waals surface area contributed by atoms with E-state index in [4.69, 9.17) is 0 Å². The quantitative estimate of drug-likeness (QED) is 0.882. The molecule has 19 heavy (non-hydrogen) atoms. The Hall–Kier alpha value is -0.160. The number of fused-ring (bicyclic) bond motifs is 1. The van der Waals surface area contributed by atoms with Gasteiger partial charge in [-0.1, -0.05) is 15.9 Å². The van der Waals surface area contributed by atoms with E-state index in [1.54, 1.807) is 12.1 Å². The monoisotopic (exact) mass is 348 g/mol. The van der Waals surface area contributed by atoms with E-state index in [2.05, 4.69) is 26.1 Å². The first-order valence-corrected chi connectivity index (χ1v) is 7.41. The summed E-state index contributed by atoms with van der Waals surface area (Å²) in [5.74, 6) is 0.666. The van der Waals surface area contributed by atoms with Crippen molar-refractivity contribution >= 4 is 28.3 Å². The number of rotatable bonds is 2. The molecule has 2 aliphatic rings. The molecule has 0 amide bonds. The van der Waals surface area contributed by atoms with Crippen LogP contribution in [0.2, 0.25) is 0 Å². The number of piperidine rings is 1. The molecule has 1 N–H and O–H groups in total. The summed E-state index contributed by atoms with van der Waals surface area (Å²) in [6.45, 7) is 4.05. The number of nitrogens with zero attached hydrogens (tertiary/aromatic N) is 1. The minimum Gasteiger partial charge on any atom is -0.314 e. The molecule has 2 fully saturated rings. The van der Waals surface area contributed by atoms with Crippen LogP contribution in [0.3, 0.4) is 0 Å². The fraction of sp³-hybridized carbons (Fsp3) is 0.571. The third-order valence-corrected chi connectivity index (χ3v) is 4.63. The van der Waals surface area contributed by atoms with Crippen molar-refractivity contribution in [2.75, 3.05) is 19.6 Å². The average Bonchev–Trinajstić information content (AvgIpc) is 2.81. The van der Waals surface area contributed by atoms with E-state index in [1.807, 2.05) is 6.07 Å². The molecular formula is C14H19BrClFN2. The van der Waals surface area contributed by atoms with Gasteiger partial charge in [0.1, 0.15) is 5.82 Å². The molecule has 5 heteroatoms. The zero-order chi connectivity index (χ0) is 12.5. The lowest BCUT2D eigenvalue weighted by Gasteiger charge is -2.34. The Morgan fingerprint density at radius 3 is 3.05 bits per heavy atom. The second kappa shape index (κ2) is 6.53. The van der Waals surface area contributed by atoms with Crippen molar-refractivity contribution in [3.63, 3.8) is 0 Å². The lowest BCUT2D eigenvalue weighted by atomic mass is 9.93. The van der Waals surface area contributed by atoms with Gasteiger partial charge in [-0.3, -0.25) is 4.90 Å². The number of benzene rings is 1. The predicted octanol–water partition coefficient (Wildman–Crippen LogP) is 3.19. The summed E-state index contributed by atoms with van der Waals surface area (Å²) >= 11 is 3.41. The summed E-state index contributed by atoms with van der Waals surface area (Å²) in [4.78, 5) is 2.39. The molecule has 2 heterocycles. The summed E-state index contributed by atoms with van der Waals surface area (Å²) in [7, 11) is 0. The minimum absolute atomic E-state index is 0. The summed E-state index contributed by atoms with van der Waals surface area (Å²) in [6.07, 6.45) is 2.46. The van der Waals surface area contributed by atoms with Crippen LogP contribution in [-0.4, -0.2) is 30.6 Å². The fourth-order valence-corrected chi connectivity index (χ4v) is 3.58. The maximum Gasteiger partial charge on any atom is 0.127 e. The van der Waals surface area contributed by atoms with Gasteiger partial charge in [0.2, 0.25) is 0 Å². The first kappa shape index (κ1) is 15.2. The van der Waals surface area contributed by atoms with Gasteiger partial charge in [0.25, 0.3) is 0 Å². The number of nitrogens with one attached hydrogen (secondary N) is 1. The molecule has 0 saturated carbocycles. The maximum atomic E-state index is 13.7. The van der Waals surface area contributed by atoms with Gasteiger partial charge in [0.05, 0.1) is 0 Å². The fourth-order valence-electron chi connectivity index (χ4n) is 3.17. The first-order chi connectivity index (χ1) is 8.72. The van der Waals surface area contributed by atoms with Crippen LogP contribution in [-0.2, 0) is 6.54 Å². The van der Waals surface area contributed by atoms with E-state index >= 15 is 0 Å². The molecular weight excluding hydrogens is 331 g/mol. The zero-order valence-electron chi connectivity index (χ0n) is 10.7. The largest absolute Gasteiger partial charge is 0.314 e. The van der Waals surface area contributed by atoms with Crippen molar-refractivity contribution in [1.82, 2.24) is 10.2 Å². The molecule has 0 aliphatic carbocycles. The lowest BCUT2D eigenvalue weighted by molar-refractivity contribution is 0.154. The molecule has 2 saturated heterocycles. The van der Waals surface area contributed by atoms with E-state index in [0.717, 1.165) is 42.1 Å². The Labute approximate surface area is 128 Å². The lowest BCUT2D eigenvalue weighted by Crippen LogP contribution is -2.44.